The van der Waals surface area contributed by atoms with Gasteiger partial charge < -0.3 is 0 Å². The molecule has 8 heavy (non-hydrogen) atoms. The Bertz CT molecular complexity index is 96.6. The quantitative estimate of drug-likeness (QED) is 0.385. The minimum Gasteiger partial charge on any atom is -0.0991 e. The first-order valence-electron chi connectivity index (χ1n) is 2.80. The molecule has 0 bridgehead atoms. The number of hydrogen-bond acceptors (Lipinski definition) is 0. The van der Waals surface area contributed by atoms with Crippen molar-refractivity contribution in [2.24, 2.45) is 0 Å². The fourth-order valence-corrected chi connectivity index (χ4v) is 0.389. The fourth-order valence-electron chi connectivity index (χ4n) is 0.389. The molecule has 0 rings (SSSR count). The zero-order valence-electron chi connectivity index (χ0n) is 5.30. The Hall–Kier alpha value is -0.780. The summed E-state index contributed by atoms with van der Waals surface area (Å²) in [5.41, 5.74) is 0. The summed E-state index contributed by atoms with van der Waals surface area (Å²) in [6.07, 6.45) is 10.9. The van der Waals surface area contributed by atoms with Crippen LogP contribution in [0.5, 0.6) is 0 Å². The van der Waals surface area contributed by atoms with Crippen LogP contribution in [0.1, 0.15) is 13.3 Å². The summed E-state index contributed by atoms with van der Waals surface area (Å²) in [6.45, 7) is 5.56. The van der Waals surface area contributed by atoms with E-state index >= 15 is 0 Å². The molecule has 0 N–H and O–H groups in total. The van der Waals surface area contributed by atoms with Crippen molar-refractivity contribution in [3.63, 3.8) is 0 Å². The second kappa shape index (κ2) is 6.22. The maximum Gasteiger partial charge on any atom is -0.0166 e. The normalized spacial score (nSPS) is 11.1. The number of allylic oxidation sites excluding steroid dienone is 5. The maximum atomic E-state index is 3.55. The van der Waals surface area contributed by atoms with Crippen molar-refractivity contribution in [2.75, 3.05) is 0 Å². The van der Waals surface area contributed by atoms with E-state index in [1.165, 1.54) is 0 Å². The van der Waals surface area contributed by atoms with Crippen molar-refractivity contribution >= 4 is 0 Å². The number of rotatable bonds is 3. The SMILES string of the molecule is C=C/C=C/C/C=C\C. The molecule has 44 valence electrons. The topological polar surface area (TPSA) is 0 Å². The highest BCUT2D eigenvalue weighted by Crippen LogP contribution is 1.84. The molecule has 0 spiro atoms. The van der Waals surface area contributed by atoms with Gasteiger partial charge in [0.05, 0.1) is 0 Å². The van der Waals surface area contributed by atoms with Crippen LogP contribution in [-0.4, -0.2) is 0 Å². The van der Waals surface area contributed by atoms with E-state index in [2.05, 4.69) is 18.7 Å². The average molecular weight is 108 g/mol. The molecule has 0 aromatic carbocycles. The van der Waals surface area contributed by atoms with Gasteiger partial charge in [-0.05, 0) is 13.3 Å². The van der Waals surface area contributed by atoms with Gasteiger partial charge in [-0.3, -0.25) is 0 Å². The summed E-state index contributed by atoms with van der Waals surface area (Å²) in [4.78, 5) is 0. The fraction of sp³-hybridized carbons (Fsp3) is 0.250. The second-order valence-corrected chi connectivity index (χ2v) is 1.47. The Kier molecular flexibility index (Phi) is 5.61. The van der Waals surface area contributed by atoms with Crippen molar-refractivity contribution in [1.82, 2.24) is 0 Å². The molecule has 0 aliphatic carbocycles. The van der Waals surface area contributed by atoms with Crippen molar-refractivity contribution in [3.05, 3.63) is 37.0 Å². The first-order valence-corrected chi connectivity index (χ1v) is 2.80. The Morgan fingerprint density at radius 3 is 2.62 bits per heavy atom. The first kappa shape index (κ1) is 7.22. The lowest BCUT2D eigenvalue weighted by atomic mass is 10.3. The molecular formula is C8H12. The molecule has 0 saturated heterocycles. The highest BCUT2D eigenvalue weighted by Gasteiger charge is 1.62. The van der Waals surface area contributed by atoms with E-state index < -0.39 is 0 Å². The van der Waals surface area contributed by atoms with Gasteiger partial charge in [0, 0.05) is 0 Å². The molecule has 0 aliphatic heterocycles. The zero-order valence-corrected chi connectivity index (χ0v) is 5.30. The molecule has 0 aromatic rings. The molecule has 0 aliphatic rings. The molecule has 0 saturated carbocycles. The summed E-state index contributed by atoms with van der Waals surface area (Å²) in [5, 5.41) is 0. The zero-order chi connectivity index (χ0) is 6.24. The predicted molar refractivity (Wildman–Crippen MR) is 38.8 cm³/mol. The smallest absolute Gasteiger partial charge is 0.0166 e. The lowest BCUT2D eigenvalue weighted by molar-refractivity contribution is 1.38. The monoisotopic (exact) mass is 108 g/mol. The largest absolute Gasteiger partial charge is 0.0991 e. The lowest BCUT2D eigenvalue weighted by Gasteiger charge is -1.74. The van der Waals surface area contributed by atoms with Gasteiger partial charge in [-0.1, -0.05) is 37.0 Å². The van der Waals surface area contributed by atoms with E-state index in [1.54, 1.807) is 6.08 Å². The highest BCUT2D eigenvalue weighted by molar-refractivity contribution is 5.00. The van der Waals surface area contributed by atoms with Crippen LogP contribution in [0.4, 0.5) is 0 Å². The van der Waals surface area contributed by atoms with Crippen molar-refractivity contribution in [3.8, 4) is 0 Å². The molecule has 0 heteroatoms. The summed E-state index contributed by atoms with van der Waals surface area (Å²) in [6, 6.07) is 0. The van der Waals surface area contributed by atoms with E-state index in [1.807, 2.05) is 19.1 Å². The van der Waals surface area contributed by atoms with Crippen LogP contribution in [0.2, 0.25) is 0 Å². The summed E-state index contributed by atoms with van der Waals surface area (Å²) in [5.74, 6) is 0. The van der Waals surface area contributed by atoms with Crippen LogP contribution in [0.3, 0.4) is 0 Å². The van der Waals surface area contributed by atoms with Gasteiger partial charge in [0.2, 0.25) is 0 Å². The van der Waals surface area contributed by atoms with Gasteiger partial charge in [-0.15, -0.1) is 0 Å². The van der Waals surface area contributed by atoms with E-state index in [9.17, 15) is 0 Å². The summed E-state index contributed by atoms with van der Waals surface area (Å²) in [7, 11) is 0. The van der Waals surface area contributed by atoms with Crippen LogP contribution in [0.25, 0.3) is 0 Å². The van der Waals surface area contributed by atoms with Crippen LogP contribution in [0.15, 0.2) is 37.0 Å². The van der Waals surface area contributed by atoms with Gasteiger partial charge in [0.15, 0.2) is 0 Å². The van der Waals surface area contributed by atoms with Crippen molar-refractivity contribution < 1.29 is 0 Å². The van der Waals surface area contributed by atoms with Gasteiger partial charge >= 0.3 is 0 Å². The highest BCUT2D eigenvalue weighted by atomic mass is 13.7. The minimum atomic E-state index is 1.02. The molecular weight excluding hydrogens is 96.1 g/mol. The van der Waals surface area contributed by atoms with E-state index in [0.29, 0.717) is 0 Å². The van der Waals surface area contributed by atoms with Gasteiger partial charge in [-0.25, -0.2) is 0 Å². The van der Waals surface area contributed by atoms with Gasteiger partial charge in [0.25, 0.3) is 0 Å². The van der Waals surface area contributed by atoms with E-state index in [-0.39, 0.29) is 0 Å². The third-order valence-electron chi connectivity index (χ3n) is 0.780. The predicted octanol–water partition coefficient (Wildman–Crippen LogP) is 2.69. The van der Waals surface area contributed by atoms with Crippen molar-refractivity contribution in [1.29, 1.82) is 0 Å². The second-order valence-electron chi connectivity index (χ2n) is 1.47. The van der Waals surface area contributed by atoms with E-state index in [0.717, 1.165) is 6.42 Å². The molecule has 0 atom stereocenters. The lowest BCUT2D eigenvalue weighted by Crippen LogP contribution is -1.53. The third kappa shape index (κ3) is 5.22. The van der Waals surface area contributed by atoms with Crippen molar-refractivity contribution in [2.45, 2.75) is 13.3 Å². The van der Waals surface area contributed by atoms with Crippen LogP contribution in [-0.2, 0) is 0 Å². The molecule has 0 unspecified atom stereocenters. The Labute approximate surface area is 51.2 Å². The maximum absolute atomic E-state index is 3.55. The third-order valence-corrected chi connectivity index (χ3v) is 0.780. The first-order chi connectivity index (χ1) is 3.91. The summed E-state index contributed by atoms with van der Waals surface area (Å²) >= 11 is 0. The van der Waals surface area contributed by atoms with Crippen LogP contribution in [0, 0.1) is 0 Å². The van der Waals surface area contributed by atoms with Gasteiger partial charge in [0.1, 0.15) is 0 Å². The molecule has 0 heterocycles. The standard InChI is InChI=1S/C8H12/c1-3-5-7-8-6-4-2/h3-7H,1,8H2,2H3/b6-4-,7-5+. The molecule has 0 nitrogen and oxygen atoms in total. The molecule has 0 fully saturated rings. The number of hydrogen-bond donors (Lipinski definition) is 0. The average Bonchev–Trinajstić information content (AvgIpc) is 1.81. The van der Waals surface area contributed by atoms with Crippen LogP contribution >= 0.6 is 0 Å². The Balaban J connectivity index is 3.15. The van der Waals surface area contributed by atoms with Crippen LogP contribution < -0.4 is 0 Å². The summed E-state index contributed by atoms with van der Waals surface area (Å²) < 4.78 is 0. The molecule has 0 radical (unpaired) electrons. The molecule has 0 amide bonds. The van der Waals surface area contributed by atoms with Gasteiger partial charge in [-0.2, -0.15) is 0 Å². The Morgan fingerprint density at radius 1 is 1.38 bits per heavy atom. The Morgan fingerprint density at radius 2 is 2.12 bits per heavy atom. The van der Waals surface area contributed by atoms with E-state index in [4.69, 9.17) is 0 Å². The molecule has 0 aromatic heterocycles. The minimum absolute atomic E-state index is 1.02.